The quantitative estimate of drug-likeness (QED) is 0.360. The fraction of sp³-hybridized carbons (Fsp3) is 0.357. The molecule has 0 radical (unpaired) electrons. The number of nitrogens with zero attached hydrogens (tertiary/aromatic N) is 1. The van der Waals surface area contributed by atoms with Crippen LogP contribution in [0.1, 0.15) is 29.5 Å². The number of benzene rings is 3. The standard InChI is InChI=1S/C28H35NOSi/c1-31(2,3)22-27(30)26-20-13-21-29(26)28(23-14-7-4-8-15-23,24-16-9-5-10-17-24)25-18-11-6-12-19-25/h4-12,14-19,26-27,30H,13,20-22H2,1-3H3/t26-,27+/m0/s1. The lowest BCUT2D eigenvalue weighted by Crippen LogP contribution is -2.54. The van der Waals surface area contributed by atoms with E-state index < -0.39 is 13.6 Å². The Morgan fingerprint density at radius 2 is 1.23 bits per heavy atom. The van der Waals surface area contributed by atoms with Crippen molar-refractivity contribution < 1.29 is 5.11 Å². The third-order valence-electron chi connectivity index (χ3n) is 6.57. The molecule has 2 nitrogen and oxygen atoms in total. The lowest BCUT2D eigenvalue weighted by Gasteiger charge is -2.48. The van der Waals surface area contributed by atoms with E-state index in [0.717, 1.165) is 25.4 Å². The van der Waals surface area contributed by atoms with E-state index in [1.54, 1.807) is 0 Å². The summed E-state index contributed by atoms with van der Waals surface area (Å²) >= 11 is 0. The van der Waals surface area contributed by atoms with Crippen LogP contribution in [0.5, 0.6) is 0 Å². The average molecular weight is 430 g/mol. The summed E-state index contributed by atoms with van der Waals surface area (Å²) in [6.07, 6.45) is 1.85. The summed E-state index contributed by atoms with van der Waals surface area (Å²) < 4.78 is 0. The highest BCUT2D eigenvalue weighted by Gasteiger charge is 2.48. The largest absolute Gasteiger partial charge is 0.392 e. The van der Waals surface area contributed by atoms with E-state index in [-0.39, 0.29) is 12.1 Å². The molecule has 0 saturated carbocycles. The van der Waals surface area contributed by atoms with E-state index in [4.69, 9.17) is 0 Å². The van der Waals surface area contributed by atoms with Crippen LogP contribution in [0.3, 0.4) is 0 Å². The Labute approximate surface area is 188 Å². The predicted octanol–water partition coefficient (Wildman–Crippen LogP) is 6.14. The summed E-state index contributed by atoms with van der Waals surface area (Å²) in [6.45, 7) is 8.04. The fourth-order valence-electron chi connectivity index (χ4n) is 5.41. The van der Waals surface area contributed by atoms with Gasteiger partial charge in [-0.1, -0.05) is 111 Å². The van der Waals surface area contributed by atoms with Crippen LogP contribution in [0.4, 0.5) is 0 Å². The van der Waals surface area contributed by atoms with E-state index in [9.17, 15) is 5.11 Å². The van der Waals surface area contributed by atoms with Crippen molar-refractivity contribution in [3.05, 3.63) is 108 Å². The summed E-state index contributed by atoms with van der Waals surface area (Å²) in [6, 6.07) is 33.7. The highest BCUT2D eigenvalue weighted by molar-refractivity contribution is 6.76. The summed E-state index contributed by atoms with van der Waals surface area (Å²) in [5.74, 6) is 0. The van der Waals surface area contributed by atoms with Gasteiger partial charge in [-0.2, -0.15) is 0 Å². The molecule has 1 aliphatic heterocycles. The van der Waals surface area contributed by atoms with Gasteiger partial charge < -0.3 is 5.11 Å². The van der Waals surface area contributed by atoms with Crippen molar-refractivity contribution in [3.8, 4) is 0 Å². The SMILES string of the molecule is C[Si](C)(C)C[C@@H](O)[C@@H]1CCCN1C(c1ccccc1)(c1ccccc1)c1ccccc1. The minimum atomic E-state index is -1.39. The third kappa shape index (κ3) is 4.41. The lowest BCUT2D eigenvalue weighted by atomic mass is 9.75. The minimum absolute atomic E-state index is 0.146. The van der Waals surface area contributed by atoms with Gasteiger partial charge in [0.1, 0.15) is 0 Å². The maximum Gasteiger partial charge on any atom is 0.0976 e. The Kier molecular flexibility index (Phi) is 6.47. The molecule has 1 fully saturated rings. The van der Waals surface area contributed by atoms with E-state index in [2.05, 4.69) is 116 Å². The first-order valence-corrected chi connectivity index (χ1v) is 15.2. The van der Waals surface area contributed by atoms with Crippen LogP contribution in [-0.4, -0.2) is 36.8 Å². The van der Waals surface area contributed by atoms with Crippen LogP contribution in [0.15, 0.2) is 91.0 Å². The molecule has 0 spiro atoms. The fourth-order valence-corrected chi connectivity index (χ4v) is 6.93. The van der Waals surface area contributed by atoms with E-state index in [0.29, 0.717) is 0 Å². The van der Waals surface area contributed by atoms with Gasteiger partial charge in [0.25, 0.3) is 0 Å². The minimum Gasteiger partial charge on any atom is -0.392 e. The highest BCUT2D eigenvalue weighted by Crippen LogP contribution is 2.46. The van der Waals surface area contributed by atoms with E-state index in [1.165, 1.54) is 16.7 Å². The Balaban J connectivity index is 1.94. The smallest absolute Gasteiger partial charge is 0.0976 e. The normalized spacial score (nSPS) is 18.8. The number of likely N-dealkylation sites (tertiary alicyclic amines) is 1. The molecule has 31 heavy (non-hydrogen) atoms. The molecule has 1 heterocycles. The predicted molar refractivity (Wildman–Crippen MR) is 133 cm³/mol. The zero-order valence-electron chi connectivity index (χ0n) is 19.0. The molecule has 2 atom stereocenters. The highest BCUT2D eigenvalue weighted by atomic mass is 28.3. The van der Waals surface area contributed by atoms with Crippen LogP contribution >= 0.6 is 0 Å². The molecule has 3 heteroatoms. The molecule has 0 aromatic heterocycles. The van der Waals surface area contributed by atoms with Gasteiger partial charge in [0.15, 0.2) is 0 Å². The molecule has 0 unspecified atom stereocenters. The zero-order chi connectivity index (χ0) is 21.9. The Morgan fingerprint density at radius 1 is 0.806 bits per heavy atom. The molecule has 0 aliphatic carbocycles. The Bertz CT molecular complexity index is 856. The van der Waals surface area contributed by atoms with Crippen molar-refractivity contribution in [2.75, 3.05) is 6.54 Å². The van der Waals surface area contributed by atoms with Gasteiger partial charge in [-0.25, -0.2) is 0 Å². The first kappa shape index (κ1) is 22.0. The van der Waals surface area contributed by atoms with Crippen molar-refractivity contribution in [2.45, 2.75) is 56.2 Å². The molecule has 3 aromatic rings. The number of rotatable bonds is 7. The monoisotopic (exact) mass is 429 g/mol. The van der Waals surface area contributed by atoms with E-state index >= 15 is 0 Å². The first-order chi connectivity index (χ1) is 14.9. The second-order valence-electron chi connectivity index (χ2n) is 10.0. The van der Waals surface area contributed by atoms with Crippen LogP contribution in [0, 0.1) is 0 Å². The molecule has 1 saturated heterocycles. The molecule has 162 valence electrons. The van der Waals surface area contributed by atoms with E-state index in [1.807, 2.05) is 0 Å². The number of hydrogen-bond donors (Lipinski definition) is 1. The maximum atomic E-state index is 11.5. The summed E-state index contributed by atoms with van der Waals surface area (Å²) in [4.78, 5) is 2.61. The van der Waals surface area contributed by atoms with Gasteiger partial charge in [0.2, 0.25) is 0 Å². The summed E-state index contributed by atoms with van der Waals surface area (Å²) in [5.41, 5.74) is 3.37. The van der Waals surface area contributed by atoms with Gasteiger partial charge in [0, 0.05) is 20.7 Å². The third-order valence-corrected chi connectivity index (χ3v) is 8.21. The molecule has 3 aromatic carbocycles. The van der Waals surface area contributed by atoms with Crippen LogP contribution in [0.2, 0.25) is 25.7 Å². The van der Waals surface area contributed by atoms with Crippen LogP contribution < -0.4 is 0 Å². The molecular formula is C28H35NOSi. The van der Waals surface area contributed by atoms with Gasteiger partial charge in [0.05, 0.1) is 11.6 Å². The van der Waals surface area contributed by atoms with Gasteiger partial charge >= 0.3 is 0 Å². The van der Waals surface area contributed by atoms with Gasteiger partial charge in [-0.3, -0.25) is 4.90 Å². The molecule has 1 N–H and O–H groups in total. The Hall–Kier alpha value is -2.20. The molecule has 0 bridgehead atoms. The molecule has 0 amide bonds. The number of hydrogen-bond acceptors (Lipinski definition) is 2. The topological polar surface area (TPSA) is 23.5 Å². The van der Waals surface area contributed by atoms with Crippen LogP contribution in [0.25, 0.3) is 0 Å². The summed E-state index contributed by atoms with van der Waals surface area (Å²) in [5, 5.41) is 11.5. The number of aliphatic hydroxyl groups excluding tert-OH is 1. The first-order valence-electron chi connectivity index (χ1n) is 11.5. The maximum absolute atomic E-state index is 11.5. The molecule has 4 rings (SSSR count). The van der Waals surface area contributed by atoms with Crippen molar-refractivity contribution >= 4 is 8.07 Å². The zero-order valence-corrected chi connectivity index (χ0v) is 20.0. The second kappa shape index (κ2) is 9.11. The second-order valence-corrected chi connectivity index (χ2v) is 15.6. The Morgan fingerprint density at radius 3 is 1.61 bits per heavy atom. The van der Waals surface area contributed by atoms with Gasteiger partial charge in [-0.15, -0.1) is 0 Å². The van der Waals surface area contributed by atoms with Crippen molar-refractivity contribution in [2.24, 2.45) is 0 Å². The summed E-state index contributed by atoms with van der Waals surface area (Å²) in [7, 11) is -1.39. The van der Waals surface area contributed by atoms with Gasteiger partial charge in [-0.05, 0) is 35.6 Å². The number of aliphatic hydroxyl groups is 1. The van der Waals surface area contributed by atoms with Crippen molar-refractivity contribution in [1.82, 2.24) is 4.90 Å². The van der Waals surface area contributed by atoms with Crippen molar-refractivity contribution in [1.29, 1.82) is 0 Å². The lowest BCUT2D eigenvalue weighted by molar-refractivity contribution is 0.0429. The molecule has 1 aliphatic rings. The average Bonchev–Trinajstić information content (AvgIpc) is 3.26. The van der Waals surface area contributed by atoms with Crippen LogP contribution in [-0.2, 0) is 5.54 Å². The van der Waals surface area contributed by atoms with Crippen molar-refractivity contribution in [3.63, 3.8) is 0 Å². The molecular weight excluding hydrogens is 394 g/mol.